The number of primary amides is 1. The summed E-state index contributed by atoms with van der Waals surface area (Å²) in [4.78, 5) is 49.5. The number of amides is 3. The summed E-state index contributed by atoms with van der Waals surface area (Å²) in [7, 11) is 1.50. The van der Waals surface area contributed by atoms with Crippen LogP contribution >= 0.6 is 11.3 Å². The van der Waals surface area contributed by atoms with Crippen LogP contribution < -0.4 is 27.8 Å². The Hall–Kier alpha value is -4.52. The number of carbonyl (C=O) groups is 4. The van der Waals surface area contributed by atoms with Crippen LogP contribution in [0.25, 0.3) is 10.2 Å². The second kappa shape index (κ2) is 25.4. The molecule has 1 aliphatic rings. The summed E-state index contributed by atoms with van der Waals surface area (Å²) in [6.07, 6.45) is 9.64. The maximum absolute atomic E-state index is 13.2. The van der Waals surface area contributed by atoms with Gasteiger partial charge < -0.3 is 32.6 Å². The molecule has 0 aliphatic heterocycles. The fraction of sp³-hybridized carbons (Fsp3) is 0.425. The highest BCUT2D eigenvalue weighted by atomic mass is 32.1. The summed E-state index contributed by atoms with van der Waals surface area (Å²) in [5, 5.41) is 6.71. The average molecular weight is 735 g/mol. The maximum Gasteiger partial charge on any atom is 0.240 e. The largest absolute Gasteiger partial charge is 0.368 e. The van der Waals surface area contributed by atoms with Gasteiger partial charge in [-0.25, -0.2) is 9.37 Å². The molecule has 1 aromatic heterocycles. The molecule has 10 nitrogen and oxygen atoms in total. The van der Waals surface area contributed by atoms with E-state index in [4.69, 9.17) is 11.5 Å². The number of thiazole rings is 1. The summed E-state index contributed by atoms with van der Waals surface area (Å²) < 4.78 is 14.1. The number of nitrogens with one attached hydrogen (secondary N) is 2. The molecule has 1 heterocycles. The minimum absolute atomic E-state index is 0.0923. The number of carbonyl (C=O) groups excluding carboxylic acids is 4. The summed E-state index contributed by atoms with van der Waals surface area (Å²) in [6, 6.07) is 24.0. The van der Waals surface area contributed by atoms with Crippen molar-refractivity contribution in [1.29, 1.82) is 0 Å². The molecule has 0 spiro atoms. The summed E-state index contributed by atoms with van der Waals surface area (Å²) in [5.41, 5.74) is 18.2. The summed E-state index contributed by atoms with van der Waals surface area (Å²) in [6.45, 7) is 2.51. The van der Waals surface area contributed by atoms with Gasteiger partial charge in [0.05, 0.1) is 21.3 Å². The minimum atomic E-state index is -0.579. The van der Waals surface area contributed by atoms with Crippen molar-refractivity contribution < 1.29 is 23.6 Å². The van der Waals surface area contributed by atoms with Crippen LogP contribution in [0.4, 0.5) is 4.39 Å². The number of nitrogens with two attached hydrogens (primary N) is 3. The molecular formula is C40H55FN6O4S. The SMILES string of the molecule is CCC=O.CN.NC(=O)C(NC(=O)CCc1nc2cc(F)ccc2s1)C1CCCC1.NCCCCCC(=O)NC(c1ccccc1)c1ccccc1. The number of hydrogen-bond acceptors (Lipinski definition) is 8. The third-order valence-corrected chi connectivity index (χ3v) is 9.40. The van der Waals surface area contributed by atoms with Gasteiger partial charge >= 0.3 is 0 Å². The molecule has 4 aromatic rings. The predicted molar refractivity (Wildman–Crippen MR) is 208 cm³/mol. The number of benzene rings is 3. The number of aryl methyl sites for hydroxylation is 1. The Bertz CT molecular complexity index is 1580. The van der Waals surface area contributed by atoms with Crippen LogP contribution in [0.2, 0.25) is 0 Å². The molecule has 5 rings (SSSR count). The Morgan fingerprint density at radius 2 is 1.46 bits per heavy atom. The topological polar surface area (TPSA) is 183 Å². The van der Waals surface area contributed by atoms with Crippen LogP contribution in [0.5, 0.6) is 0 Å². The lowest BCUT2D eigenvalue weighted by Gasteiger charge is -2.21. The summed E-state index contributed by atoms with van der Waals surface area (Å²) in [5.74, 6) is -0.744. The van der Waals surface area contributed by atoms with E-state index < -0.39 is 11.9 Å². The predicted octanol–water partition coefficient (Wildman–Crippen LogP) is 6.11. The number of nitrogens with zero attached hydrogens (tertiary/aromatic N) is 1. The molecule has 52 heavy (non-hydrogen) atoms. The van der Waals surface area contributed by atoms with Gasteiger partial charge in [0.2, 0.25) is 17.7 Å². The van der Waals surface area contributed by atoms with Gasteiger partial charge in [-0.1, -0.05) is 86.8 Å². The number of unbranched alkanes of at least 4 members (excludes halogenated alkanes) is 2. The van der Waals surface area contributed by atoms with Crippen LogP contribution in [0.3, 0.4) is 0 Å². The van der Waals surface area contributed by atoms with E-state index in [1.807, 2.05) is 67.6 Å². The Morgan fingerprint density at radius 3 is 2.00 bits per heavy atom. The Morgan fingerprint density at radius 1 is 0.885 bits per heavy atom. The number of rotatable bonds is 15. The van der Waals surface area contributed by atoms with E-state index in [1.165, 1.54) is 30.5 Å². The van der Waals surface area contributed by atoms with Gasteiger partial charge in [-0.15, -0.1) is 11.3 Å². The maximum atomic E-state index is 13.2. The number of halogens is 1. The molecule has 8 N–H and O–H groups in total. The first kappa shape index (κ1) is 43.6. The van der Waals surface area contributed by atoms with E-state index >= 15 is 0 Å². The fourth-order valence-corrected chi connectivity index (χ4v) is 6.67. The third-order valence-electron chi connectivity index (χ3n) is 8.30. The molecule has 282 valence electrons. The zero-order valence-corrected chi connectivity index (χ0v) is 31.2. The third kappa shape index (κ3) is 15.8. The molecular weight excluding hydrogens is 680 g/mol. The van der Waals surface area contributed by atoms with E-state index in [0.29, 0.717) is 31.3 Å². The van der Waals surface area contributed by atoms with Gasteiger partial charge in [-0.3, -0.25) is 14.4 Å². The second-order valence-corrected chi connectivity index (χ2v) is 13.3. The Kier molecular flexibility index (Phi) is 21.3. The molecule has 12 heteroatoms. The zero-order valence-electron chi connectivity index (χ0n) is 30.4. The molecule has 1 aliphatic carbocycles. The van der Waals surface area contributed by atoms with Crippen molar-refractivity contribution in [3.05, 3.63) is 101 Å². The monoisotopic (exact) mass is 734 g/mol. The van der Waals surface area contributed by atoms with Crippen LogP contribution in [-0.4, -0.2) is 48.6 Å². The fourth-order valence-electron chi connectivity index (χ4n) is 5.72. The van der Waals surface area contributed by atoms with Crippen LogP contribution in [-0.2, 0) is 25.6 Å². The Balaban J connectivity index is 0.000000314. The molecule has 3 amide bonds. The average Bonchev–Trinajstić information content (AvgIpc) is 3.86. The number of aromatic nitrogens is 1. The van der Waals surface area contributed by atoms with E-state index in [0.717, 1.165) is 72.1 Å². The van der Waals surface area contributed by atoms with Crippen molar-refractivity contribution in [3.8, 4) is 0 Å². The lowest BCUT2D eigenvalue weighted by atomic mass is 9.97. The van der Waals surface area contributed by atoms with E-state index in [-0.39, 0.29) is 36.0 Å². The van der Waals surface area contributed by atoms with Crippen molar-refractivity contribution in [2.24, 2.45) is 23.1 Å². The van der Waals surface area contributed by atoms with Gasteiger partial charge in [0, 0.05) is 31.7 Å². The minimum Gasteiger partial charge on any atom is -0.368 e. The van der Waals surface area contributed by atoms with Gasteiger partial charge in [0.1, 0.15) is 18.1 Å². The van der Waals surface area contributed by atoms with Gasteiger partial charge in [0.25, 0.3) is 0 Å². The smallest absolute Gasteiger partial charge is 0.240 e. The standard InChI is InChI=1S/C19H24N2O.C17H20FN3O2S.C3H6O.CH5N/c20-15-9-3-8-14-18(22)21-19(16-10-4-1-5-11-16)17-12-6-2-7-13-17;18-11-5-6-13-12(9-11)20-15(24-13)8-7-14(22)21-16(17(19)23)10-3-1-2-4-10;1-2-3-4;1-2/h1-2,4-7,10-13,19H,3,8-9,14-15,20H2,(H,21,22);5-6,9-10,16H,1-4,7-8H2,(H2,19,23)(H,21,22);3H,2H2,1H3;2H2,1H3. The Labute approximate surface area is 311 Å². The van der Waals surface area contributed by atoms with E-state index in [9.17, 15) is 23.6 Å². The first-order valence-corrected chi connectivity index (χ1v) is 18.8. The highest BCUT2D eigenvalue weighted by Crippen LogP contribution is 2.28. The normalized spacial score (nSPS) is 12.7. The first-order chi connectivity index (χ1) is 25.2. The van der Waals surface area contributed by atoms with Gasteiger partial charge in [0.15, 0.2) is 0 Å². The van der Waals surface area contributed by atoms with Crippen molar-refractivity contribution in [2.45, 2.75) is 89.6 Å². The van der Waals surface area contributed by atoms with Crippen molar-refractivity contribution >= 4 is 45.6 Å². The molecule has 0 radical (unpaired) electrons. The van der Waals surface area contributed by atoms with Gasteiger partial charge in [-0.2, -0.15) is 0 Å². The highest BCUT2D eigenvalue weighted by Gasteiger charge is 2.30. The van der Waals surface area contributed by atoms with Crippen molar-refractivity contribution in [1.82, 2.24) is 15.6 Å². The van der Waals surface area contributed by atoms with Crippen LogP contribution in [0, 0.1) is 11.7 Å². The lowest BCUT2D eigenvalue weighted by Crippen LogP contribution is -2.48. The lowest BCUT2D eigenvalue weighted by molar-refractivity contribution is -0.128. The molecule has 1 unspecified atom stereocenters. The molecule has 1 fully saturated rings. The second-order valence-electron chi connectivity index (χ2n) is 12.2. The number of aldehydes is 1. The molecule has 0 saturated heterocycles. The van der Waals surface area contributed by atoms with Crippen LogP contribution in [0.15, 0.2) is 78.9 Å². The summed E-state index contributed by atoms with van der Waals surface area (Å²) >= 11 is 1.45. The van der Waals surface area contributed by atoms with Crippen molar-refractivity contribution in [2.75, 3.05) is 13.6 Å². The first-order valence-electron chi connectivity index (χ1n) is 18.0. The molecule has 3 aromatic carbocycles. The van der Waals surface area contributed by atoms with Crippen LogP contribution in [0.1, 0.15) is 93.3 Å². The molecule has 1 atom stereocenters. The number of fused-ring (bicyclic) bond motifs is 1. The quantitative estimate of drug-likeness (QED) is 0.0721. The molecule has 0 bridgehead atoms. The molecule has 1 saturated carbocycles. The number of hydrogen-bond donors (Lipinski definition) is 5. The highest BCUT2D eigenvalue weighted by molar-refractivity contribution is 7.18. The van der Waals surface area contributed by atoms with E-state index in [2.05, 4.69) is 21.4 Å². The zero-order chi connectivity index (χ0) is 38.1. The van der Waals surface area contributed by atoms with Crippen molar-refractivity contribution in [3.63, 3.8) is 0 Å². The van der Waals surface area contributed by atoms with Gasteiger partial charge in [-0.05, 0) is 68.5 Å². The van der Waals surface area contributed by atoms with E-state index in [1.54, 1.807) is 6.07 Å².